The molecule has 0 aromatic carbocycles. The summed E-state index contributed by atoms with van der Waals surface area (Å²) in [4.78, 5) is 6.81. The van der Waals surface area contributed by atoms with Crippen LogP contribution in [0.5, 0.6) is 0 Å². The van der Waals surface area contributed by atoms with Crippen molar-refractivity contribution in [1.29, 1.82) is 0 Å². The molecule has 1 atom stereocenters. The van der Waals surface area contributed by atoms with Crippen molar-refractivity contribution < 1.29 is 0 Å². The Hall–Kier alpha value is -0.610. The number of fused-ring (bicyclic) bond motifs is 3. The molecular formula is C12H16BrN3. The fraction of sp³-hybridized carbons (Fsp3) is 0.583. The highest BCUT2D eigenvalue weighted by Gasteiger charge is 2.33. The lowest BCUT2D eigenvalue weighted by Gasteiger charge is -2.45. The van der Waals surface area contributed by atoms with Crippen LogP contribution in [0.25, 0.3) is 0 Å². The number of hydrogen-bond acceptors (Lipinski definition) is 3. The second-order valence-electron chi connectivity index (χ2n) is 4.76. The van der Waals surface area contributed by atoms with E-state index in [1.165, 1.54) is 32.5 Å². The maximum Gasteiger partial charge on any atom is 0.106 e. The van der Waals surface area contributed by atoms with Crippen molar-refractivity contribution in [1.82, 2.24) is 9.88 Å². The van der Waals surface area contributed by atoms with Gasteiger partial charge in [-0.05, 0) is 59.9 Å². The molecule has 86 valence electrons. The van der Waals surface area contributed by atoms with Gasteiger partial charge in [0, 0.05) is 12.6 Å². The third-order valence-electron chi connectivity index (χ3n) is 3.74. The first-order valence-corrected chi connectivity index (χ1v) is 6.71. The number of piperidine rings is 3. The number of pyridine rings is 1. The average molecular weight is 282 g/mol. The summed E-state index contributed by atoms with van der Waals surface area (Å²) in [5, 5.41) is 3.61. The van der Waals surface area contributed by atoms with Gasteiger partial charge in [0.25, 0.3) is 0 Å². The normalized spacial score (nSPS) is 32.7. The molecule has 3 nitrogen and oxygen atoms in total. The van der Waals surface area contributed by atoms with Crippen molar-refractivity contribution in [3.8, 4) is 0 Å². The Kier molecular flexibility index (Phi) is 2.86. The van der Waals surface area contributed by atoms with Crippen LogP contribution >= 0.6 is 15.9 Å². The summed E-state index contributed by atoms with van der Waals surface area (Å²) in [5.41, 5.74) is 1.14. The Balaban J connectivity index is 1.68. The number of anilines is 1. The number of halogens is 1. The molecule has 1 N–H and O–H groups in total. The van der Waals surface area contributed by atoms with Crippen molar-refractivity contribution in [2.24, 2.45) is 5.92 Å². The minimum Gasteiger partial charge on any atom is -0.379 e. The van der Waals surface area contributed by atoms with Crippen LogP contribution in [0.2, 0.25) is 0 Å². The van der Waals surface area contributed by atoms with E-state index in [0.29, 0.717) is 6.04 Å². The molecule has 0 radical (unpaired) electrons. The van der Waals surface area contributed by atoms with Crippen molar-refractivity contribution >= 4 is 21.6 Å². The summed E-state index contributed by atoms with van der Waals surface area (Å²) in [6.45, 7) is 3.78. The predicted molar refractivity (Wildman–Crippen MR) is 68.5 cm³/mol. The maximum absolute atomic E-state index is 4.25. The van der Waals surface area contributed by atoms with Crippen molar-refractivity contribution in [3.63, 3.8) is 0 Å². The Morgan fingerprint density at radius 2 is 2.12 bits per heavy atom. The fourth-order valence-corrected chi connectivity index (χ4v) is 3.04. The van der Waals surface area contributed by atoms with E-state index in [1.807, 2.05) is 12.3 Å². The highest BCUT2D eigenvalue weighted by atomic mass is 79.9. The molecule has 16 heavy (non-hydrogen) atoms. The average Bonchev–Trinajstić information content (AvgIpc) is 2.34. The molecule has 3 aliphatic heterocycles. The van der Waals surface area contributed by atoms with Crippen molar-refractivity contribution in [2.75, 3.05) is 25.0 Å². The summed E-state index contributed by atoms with van der Waals surface area (Å²) in [5.74, 6) is 0.855. The van der Waals surface area contributed by atoms with Crippen LogP contribution in [0.15, 0.2) is 22.9 Å². The number of nitrogens with one attached hydrogen (secondary N) is 1. The smallest absolute Gasteiger partial charge is 0.106 e. The molecule has 3 fully saturated rings. The van der Waals surface area contributed by atoms with Gasteiger partial charge in [-0.2, -0.15) is 0 Å². The van der Waals surface area contributed by atoms with Gasteiger partial charge in [0.1, 0.15) is 4.60 Å². The lowest BCUT2D eigenvalue weighted by atomic mass is 9.84. The molecule has 1 aromatic heterocycles. The number of hydrogen-bond donors (Lipinski definition) is 1. The first kappa shape index (κ1) is 10.5. The second-order valence-corrected chi connectivity index (χ2v) is 5.57. The van der Waals surface area contributed by atoms with Gasteiger partial charge in [-0.1, -0.05) is 0 Å². The zero-order chi connectivity index (χ0) is 11.0. The minimum absolute atomic E-state index is 0.616. The number of aromatic nitrogens is 1. The number of nitrogens with zero attached hydrogens (tertiary/aromatic N) is 2. The summed E-state index contributed by atoms with van der Waals surface area (Å²) in [7, 11) is 0. The van der Waals surface area contributed by atoms with Gasteiger partial charge in [-0.3, -0.25) is 0 Å². The van der Waals surface area contributed by atoms with Crippen LogP contribution in [-0.2, 0) is 0 Å². The SMILES string of the molecule is Brc1ccc(NC2CN3CCC2CC3)cn1. The molecule has 4 heterocycles. The van der Waals surface area contributed by atoms with Crippen LogP contribution in [-0.4, -0.2) is 35.6 Å². The van der Waals surface area contributed by atoms with E-state index in [1.54, 1.807) is 0 Å². The Labute approximate surface area is 104 Å². The topological polar surface area (TPSA) is 28.2 Å². The molecule has 3 aliphatic rings. The monoisotopic (exact) mass is 281 g/mol. The van der Waals surface area contributed by atoms with E-state index in [2.05, 4.69) is 37.2 Å². The zero-order valence-corrected chi connectivity index (χ0v) is 10.8. The molecule has 0 aliphatic carbocycles. The third-order valence-corrected chi connectivity index (χ3v) is 4.20. The highest BCUT2D eigenvalue weighted by Crippen LogP contribution is 2.29. The van der Waals surface area contributed by atoms with E-state index in [9.17, 15) is 0 Å². The van der Waals surface area contributed by atoms with Gasteiger partial charge in [0.2, 0.25) is 0 Å². The zero-order valence-electron chi connectivity index (χ0n) is 9.19. The molecular weight excluding hydrogens is 266 g/mol. The Morgan fingerprint density at radius 3 is 2.69 bits per heavy atom. The second kappa shape index (κ2) is 4.34. The van der Waals surface area contributed by atoms with E-state index < -0.39 is 0 Å². The Morgan fingerprint density at radius 1 is 1.31 bits per heavy atom. The van der Waals surface area contributed by atoms with Gasteiger partial charge >= 0.3 is 0 Å². The molecule has 4 heteroatoms. The van der Waals surface area contributed by atoms with Gasteiger partial charge < -0.3 is 10.2 Å². The van der Waals surface area contributed by atoms with Crippen LogP contribution < -0.4 is 5.32 Å². The maximum atomic E-state index is 4.25. The van der Waals surface area contributed by atoms with Gasteiger partial charge in [0.05, 0.1) is 11.9 Å². The van der Waals surface area contributed by atoms with Crippen molar-refractivity contribution in [3.05, 3.63) is 22.9 Å². The summed E-state index contributed by atoms with van der Waals surface area (Å²) in [6.07, 6.45) is 4.60. The fourth-order valence-electron chi connectivity index (χ4n) is 2.80. The molecule has 2 bridgehead atoms. The van der Waals surface area contributed by atoms with Crippen LogP contribution in [0, 0.1) is 5.92 Å². The first-order valence-electron chi connectivity index (χ1n) is 5.92. The Bertz CT molecular complexity index is 357. The minimum atomic E-state index is 0.616. The molecule has 4 rings (SSSR count). The van der Waals surface area contributed by atoms with E-state index in [-0.39, 0.29) is 0 Å². The summed E-state index contributed by atoms with van der Waals surface area (Å²) < 4.78 is 0.895. The van der Waals surface area contributed by atoms with Gasteiger partial charge in [-0.15, -0.1) is 0 Å². The molecule has 3 saturated heterocycles. The molecule has 0 saturated carbocycles. The summed E-state index contributed by atoms with van der Waals surface area (Å²) >= 11 is 3.36. The molecule has 0 amide bonds. The van der Waals surface area contributed by atoms with Crippen LogP contribution in [0.1, 0.15) is 12.8 Å². The standard InChI is InChI=1S/C12H16BrN3/c13-12-2-1-10(7-14-12)15-11-8-16-5-3-9(11)4-6-16/h1-2,7,9,11,15H,3-6,8H2. The third kappa shape index (κ3) is 2.09. The van der Waals surface area contributed by atoms with E-state index >= 15 is 0 Å². The number of rotatable bonds is 2. The van der Waals surface area contributed by atoms with E-state index in [0.717, 1.165) is 16.2 Å². The summed E-state index contributed by atoms with van der Waals surface area (Å²) in [6, 6.07) is 4.70. The van der Waals surface area contributed by atoms with Crippen LogP contribution in [0.4, 0.5) is 5.69 Å². The van der Waals surface area contributed by atoms with Crippen molar-refractivity contribution in [2.45, 2.75) is 18.9 Å². The highest BCUT2D eigenvalue weighted by molar-refractivity contribution is 9.10. The van der Waals surface area contributed by atoms with Crippen LogP contribution in [0.3, 0.4) is 0 Å². The largest absolute Gasteiger partial charge is 0.379 e. The lowest BCUT2D eigenvalue weighted by molar-refractivity contribution is 0.0975. The quantitative estimate of drug-likeness (QED) is 0.844. The lowest BCUT2D eigenvalue weighted by Crippen LogP contribution is -2.53. The predicted octanol–water partition coefficient (Wildman–Crippen LogP) is 2.35. The molecule has 0 spiro atoms. The van der Waals surface area contributed by atoms with E-state index in [4.69, 9.17) is 0 Å². The molecule has 1 aromatic rings. The van der Waals surface area contributed by atoms with Gasteiger partial charge in [-0.25, -0.2) is 4.98 Å². The van der Waals surface area contributed by atoms with Gasteiger partial charge in [0.15, 0.2) is 0 Å². The molecule has 1 unspecified atom stereocenters. The first-order chi connectivity index (χ1) is 7.81.